The standard InChI is InChI=1S/C14H33N3/c1-6-10-15-11-8-9-12-17(7-2)14(3)13-16(4)5/h14-15H,6-13H2,1-5H3. The van der Waals surface area contributed by atoms with E-state index >= 15 is 0 Å². The van der Waals surface area contributed by atoms with Gasteiger partial charge in [0.05, 0.1) is 0 Å². The van der Waals surface area contributed by atoms with Crippen LogP contribution in [-0.4, -0.2) is 62.7 Å². The van der Waals surface area contributed by atoms with Crippen molar-refractivity contribution < 1.29 is 0 Å². The molecule has 0 spiro atoms. The van der Waals surface area contributed by atoms with E-state index in [1.807, 2.05) is 0 Å². The molecule has 0 amide bonds. The number of unbranched alkanes of at least 4 members (excludes halogenated alkanes) is 1. The van der Waals surface area contributed by atoms with E-state index in [1.54, 1.807) is 0 Å². The van der Waals surface area contributed by atoms with Crippen LogP contribution in [0.4, 0.5) is 0 Å². The summed E-state index contributed by atoms with van der Waals surface area (Å²) >= 11 is 0. The maximum Gasteiger partial charge on any atom is 0.0194 e. The van der Waals surface area contributed by atoms with Gasteiger partial charge in [-0.1, -0.05) is 13.8 Å². The summed E-state index contributed by atoms with van der Waals surface area (Å²) in [7, 11) is 4.30. The Hall–Kier alpha value is -0.120. The van der Waals surface area contributed by atoms with Crippen molar-refractivity contribution in [3.63, 3.8) is 0 Å². The zero-order valence-corrected chi connectivity index (χ0v) is 12.6. The highest BCUT2D eigenvalue weighted by Gasteiger charge is 2.11. The van der Waals surface area contributed by atoms with E-state index in [0.717, 1.165) is 19.6 Å². The van der Waals surface area contributed by atoms with Gasteiger partial charge in [-0.3, -0.25) is 4.90 Å². The molecule has 0 aromatic carbocycles. The zero-order valence-electron chi connectivity index (χ0n) is 12.6. The number of likely N-dealkylation sites (N-methyl/N-ethyl adjacent to an activating group) is 2. The fourth-order valence-corrected chi connectivity index (χ4v) is 2.20. The minimum atomic E-state index is 0.665. The van der Waals surface area contributed by atoms with Crippen LogP contribution in [0.1, 0.15) is 40.0 Å². The van der Waals surface area contributed by atoms with Crippen LogP contribution >= 0.6 is 0 Å². The molecule has 0 saturated heterocycles. The number of hydrogen-bond donors (Lipinski definition) is 1. The number of nitrogens with zero attached hydrogens (tertiary/aromatic N) is 2. The molecule has 0 aliphatic heterocycles. The fraction of sp³-hybridized carbons (Fsp3) is 1.00. The molecule has 1 atom stereocenters. The summed E-state index contributed by atoms with van der Waals surface area (Å²) in [4.78, 5) is 4.86. The Morgan fingerprint density at radius 1 is 1.06 bits per heavy atom. The van der Waals surface area contributed by atoms with Gasteiger partial charge in [-0.15, -0.1) is 0 Å². The highest BCUT2D eigenvalue weighted by molar-refractivity contribution is 4.68. The molecule has 0 aromatic heterocycles. The number of nitrogens with one attached hydrogen (secondary N) is 1. The Kier molecular flexibility index (Phi) is 10.9. The first kappa shape index (κ1) is 16.9. The molecular formula is C14H33N3. The van der Waals surface area contributed by atoms with Gasteiger partial charge in [0.25, 0.3) is 0 Å². The molecule has 0 heterocycles. The maximum absolute atomic E-state index is 3.46. The smallest absolute Gasteiger partial charge is 0.0194 e. The first-order valence-electron chi connectivity index (χ1n) is 7.21. The van der Waals surface area contributed by atoms with Crippen LogP contribution in [0.3, 0.4) is 0 Å². The maximum atomic E-state index is 3.46. The molecule has 0 aromatic rings. The molecule has 0 aliphatic rings. The van der Waals surface area contributed by atoms with Crippen molar-refractivity contribution in [3.05, 3.63) is 0 Å². The average molecular weight is 243 g/mol. The molecule has 0 fully saturated rings. The molecule has 0 aliphatic carbocycles. The van der Waals surface area contributed by atoms with E-state index in [0.29, 0.717) is 6.04 Å². The van der Waals surface area contributed by atoms with Crippen LogP contribution in [0.25, 0.3) is 0 Å². The molecule has 0 saturated carbocycles. The van der Waals surface area contributed by atoms with Crippen LogP contribution in [-0.2, 0) is 0 Å². The van der Waals surface area contributed by atoms with E-state index in [-0.39, 0.29) is 0 Å². The zero-order chi connectivity index (χ0) is 13.1. The number of hydrogen-bond acceptors (Lipinski definition) is 3. The second-order valence-corrected chi connectivity index (χ2v) is 5.20. The van der Waals surface area contributed by atoms with E-state index in [9.17, 15) is 0 Å². The van der Waals surface area contributed by atoms with Crippen molar-refractivity contribution in [2.45, 2.75) is 46.1 Å². The van der Waals surface area contributed by atoms with Crippen molar-refractivity contribution in [2.75, 3.05) is 46.8 Å². The highest BCUT2D eigenvalue weighted by Crippen LogP contribution is 2.02. The summed E-state index contributed by atoms with van der Waals surface area (Å²) in [6.07, 6.45) is 3.84. The minimum Gasteiger partial charge on any atom is -0.317 e. The van der Waals surface area contributed by atoms with Gasteiger partial charge in [0.1, 0.15) is 0 Å². The van der Waals surface area contributed by atoms with Gasteiger partial charge >= 0.3 is 0 Å². The predicted molar refractivity (Wildman–Crippen MR) is 77.7 cm³/mol. The summed E-state index contributed by atoms with van der Waals surface area (Å²) in [5.41, 5.74) is 0. The fourth-order valence-electron chi connectivity index (χ4n) is 2.20. The van der Waals surface area contributed by atoms with Gasteiger partial charge in [0.15, 0.2) is 0 Å². The molecular weight excluding hydrogens is 210 g/mol. The average Bonchev–Trinajstić information content (AvgIpc) is 2.27. The lowest BCUT2D eigenvalue weighted by atomic mass is 10.2. The second-order valence-electron chi connectivity index (χ2n) is 5.20. The van der Waals surface area contributed by atoms with E-state index < -0.39 is 0 Å². The topological polar surface area (TPSA) is 18.5 Å². The molecule has 104 valence electrons. The quantitative estimate of drug-likeness (QED) is 0.560. The Balaban J connectivity index is 3.60. The van der Waals surface area contributed by atoms with E-state index in [1.165, 1.54) is 32.4 Å². The Bertz CT molecular complexity index is 160. The molecule has 0 radical (unpaired) electrons. The van der Waals surface area contributed by atoms with Crippen molar-refractivity contribution in [3.8, 4) is 0 Å². The van der Waals surface area contributed by atoms with Crippen LogP contribution in [0.2, 0.25) is 0 Å². The first-order valence-corrected chi connectivity index (χ1v) is 7.21. The van der Waals surface area contributed by atoms with E-state index in [2.05, 4.69) is 50.0 Å². The van der Waals surface area contributed by atoms with Crippen LogP contribution < -0.4 is 5.32 Å². The predicted octanol–water partition coefficient (Wildman–Crippen LogP) is 2.04. The Labute approximate surface area is 109 Å². The summed E-state index contributed by atoms with van der Waals surface area (Å²) in [5, 5.41) is 3.46. The van der Waals surface area contributed by atoms with Crippen molar-refractivity contribution >= 4 is 0 Å². The van der Waals surface area contributed by atoms with Crippen LogP contribution in [0.5, 0.6) is 0 Å². The lowest BCUT2D eigenvalue weighted by Gasteiger charge is -2.29. The first-order chi connectivity index (χ1) is 8.11. The molecule has 17 heavy (non-hydrogen) atoms. The van der Waals surface area contributed by atoms with Crippen molar-refractivity contribution in [1.82, 2.24) is 15.1 Å². The summed E-state index contributed by atoms with van der Waals surface area (Å²) in [5.74, 6) is 0. The molecule has 1 unspecified atom stereocenters. The summed E-state index contributed by atoms with van der Waals surface area (Å²) in [6, 6.07) is 0.665. The SMILES string of the molecule is CCCNCCCCN(CC)C(C)CN(C)C. The van der Waals surface area contributed by atoms with Gasteiger partial charge in [-0.25, -0.2) is 0 Å². The largest absolute Gasteiger partial charge is 0.317 e. The van der Waals surface area contributed by atoms with Gasteiger partial charge in [-0.2, -0.15) is 0 Å². The highest BCUT2D eigenvalue weighted by atomic mass is 15.2. The molecule has 3 heteroatoms. The number of rotatable bonds is 11. The van der Waals surface area contributed by atoms with Gasteiger partial charge in [-0.05, 0) is 66.5 Å². The van der Waals surface area contributed by atoms with Crippen LogP contribution in [0.15, 0.2) is 0 Å². The molecule has 1 N–H and O–H groups in total. The summed E-state index contributed by atoms with van der Waals surface area (Å²) in [6.45, 7) is 12.7. The third-order valence-corrected chi connectivity index (χ3v) is 3.13. The third kappa shape index (κ3) is 9.57. The monoisotopic (exact) mass is 243 g/mol. The van der Waals surface area contributed by atoms with Crippen molar-refractivity contribution in [2.24, 2.45) is 0 Å². The Morgan fingerprint density at radius 2 is 1.76 bits per heavy atom. The van der Waals surface area contributed by atoms with Gasteiger partial charge in [0.2, 0.25) is 0 Å². The lowest BCUT2D eigenvalue weighted by Crippen LogP contribution is -2.40. The van der Waals surface area contributed by atoms with Gasteiger partial charge < -0.3 is 10.2 Å². The minimum absolute atomic E-state index is 0.665. The van der Waals surface area contributed by atoms with Crippen LogP contribution in [0, 0.1) is 0 Å². The van der Waals surface area contributed by atoms with Crippen molar-refractivity contribution in [1.29, 1.82) is 0 Å². The van der Waals surface area contributed by atoms with Gasteiger partial charge in [0, 0.05) is 12.6 Å². The summed E-state index contributed by atoms with van der Waals surface area (Å²) < 4.78 is 0. The second kappa shape index (κ2) is 11.0. The molecule has 0 rings (SSSR count). The third-order valence-electron chi connectivity index (χ3n) is 3.13. The van der Waals surface area contributed by atoms with E-state index in [4.69, 9.17) is 0 Å². The molecule has 3 nitrogen and oxygen atoms in total. The normalized spacial score (nSPS) is 13.6. The lowest BCUT2D eigenvalue weighted by molar-refractivity contribution is 0.179. The molecule has 0 bridgehead atoms. The Morgan fingerprint density at radius 3 is 2.29 bits per heavy atom.